The maximum absolute atomic E-state index is 6.00. The molecule has 2 N–H and O–H groups in total. The molecule has 0 spiro atoms. The van der Waals surface area contributed by atoms with Crippen molar-refractivity contribution >= 4 is 17.3 Å². The van der Waals surface area contributed by atoms with Crippen LogP contribution < -0.4 is 5.32 Å². The zero-order chi connectivity index (χ0) is 14.7. The Morgan fingerprint density at radius 1 is 1.14 bits per heavy atom. The number of aromatic amines is 1. The van der Waals surface area contributed by atoms with Gasteiger partial charge in [0.1, 0.15) is 5.82 Å². The van der Waals surface area contributed by atoms with E-state index in [1.807, 2.05) is 55.5 Å². The highest BCUT2D eigenvalue weighted by molar-refractivity contribution is 6.30. The van der Waals surface area contributed by atoms with E-state index in [-0.39, 0.29) is 0 Å². The minimum absolute atomic E-state index is 0.695. The predicted molar refractivity (Wildman–Crippen MR) is 85.3 cm³/mol. The maximum atomic E-state index is 6.00. The molecule has 21 heavy (non-hydrogen) atoms. The first kappa shape index (κ1) is 13.6. The van der Waals surface area contributed by atoms with Gasteiger partial charge in [-0.3, -0.25) is 5.10 Å². The summed E-state index contributed by atoms with van der Waals surface area (Å²) in [5.74, 6) is 1.50. The lowest BCUT2D eigenvalue weighted by Gasteiger charge is -2.10. The number of rotatable bonds is 4. The van der Waals surface area contributed by atoms with Gasteiger partial charge in [-0.2, -0.15) is 5.10 Å². The number of halogens is 1. The summed E-state index contributed by atoms with van der Waals surface area (Å²) in [6.07, 6.45) is 0. The normalized spacial score (nSPS) is 10.6. The Balaban J connectivity index is 1.83. The van der Waals surface area contributed by atoms with Crippen molar-refractivity contribution in [2.75, 3.05) is 5.32 Å². The van der Waals surface area contributed by atoms with Crippen molar-refractivity contribution in [2.45, 2.75) is 13.5 Å². The molecule has 4 nitrogen and oxygen atoms in total. The highest BCUT2D eigenvalue weighted by atomic mass is 35.5. The second-order valence-electron chi connectivity index (χ2n) is 4.77. The summed E-state index contributed by atoms with van der Waals surface area (Å²) in [5.41, 5.74) is 3.10. The van der Waals surface area contributed by atoms with Gasteiger partial charge in [-0.05, 0) is 36.8 Å². The lowest BCUT2D eigenvalue weighted by atomic mass is 10.1. The Labute approximate surface area is 128 Å². The van der Waals surface area contributed by atoms with Crippen molar-refractivity contribution in [2.24, 2.45) is 0 Å². The molecule has 0 aliphatic carbocycles. The topological polar surface area (TPSA) is 53.6 Å². The molecule has 0 amide bonds. The zero-order valence-electron chi connectivity index (χ0n) is 11.6. The van der Waals surface area contributed by atoms with E-state index in [0.29, 0.717) is 12.4 Å². The van der Waals surface area contributed by atoms with Crippen molar-refractivity contribution in [1.82, 2.24) is 15.2 Å². The standard InChI is InChI=1S/C16H15ClN4/c1-11-19-16(21-20-11)14-7-2-3-8-15(14)18-10-12-5-4-6-13(17)9-12/h2-9,18H,10H2,1H3,(H,19,20,21). The lowest BCUT2D eigenvalue weighted by molar-refractivity contribution is 1.04. The van der Waals surface area contributed by atoms with Crippen LogP contribution in [-0.2, 0) is 6.54 Å². The molecule has 1 aromatic heterocycles. The predicted octanol–water partition coefficient (Wildman–Crippen LogP) is 4.05. The molecule has 0 fully saturated rings. The number of hydrogen-bond acceptors (Lipinski definition) is 3. The number of aromatic nitrogens is 3. The Morgan fingerprint density at radius 2 is 2.00 bits per heavy atom. The molecule has 0 radical (unpaired) electrons. The number of hydrogen-bond donors (Lipinski definition) is 2. The molecule has 106 valence electrons. The fourth-order valence-corrected chi connectivity index (χ4v) is 2.35. The summed E-state index contributed by atoms with van der Waals surface area (Å²) >= 11 is 6.00. The van der Waals surface area contributed by atoms with Gasteiger partial charge in [0, 0.05) is 22.8 Å². The molecule has 5 heteroatoms. The fourth-order valence-electron chi connectivity index (χ4n) is 2.14. The molecule has 3 rings (SSSR count). The van der Waals surface area contributed by atoms with Crippen LogP contribution in [0.1, 0.15) is 11.4 Å². The van der Waals surface area contributed by atoms with Gasteiger partial charge in [0.05, 0.1) is 0 Å². The lowest BCUT2D eigenvalue weighted by Crippen LogP contribution is -2.01. The van der Waals surface area contributed by atoms with Crippen LogP contribution in [0.2, 0.25) is 5.02 Å². The van der Waals surface area contributed by atoms with Gasteiger partial charge < -0.3 is 5.32 Å². The largest absolute Gasteiger partial charge is 0.380 e. The summed E-state index contributed by atoms with van der Waals surface area (Å²) in [6.45, 7) is 2.58. The Kier molecular flexibility index (Phi) is 3.88. The van der Waals surface area contributed by atoms with Crippen LogP contribution in [0.4, 0.5) is 5.69 Å². The summed E-state index contributed by atoms with van der Waals surface area (Å²) in [7, 11) is 0. The van der Waals surface area contributed by atoms with E-state index in [0.717, 1.165) is 27.7 Å². The number of anilines is 1. The van der Waals surface area contributed by atoms with Crippen molar-refractivity contribution in [3.8, 4) is 11.4 Å². The van der Waals surface area contributed by atoms with Crippen molar-refractivity contribution in [3.63, 3.8) is 0 Å². The maximum Gasteiger partial charge on any atom is 0.183 e. The van der Waals surface area contributed by atoms with Gasteiger partial charge in [0.15, 0.2) is 5.82 Å². The van der Waals surface area contributed by atoms with Crippen LogP contribution >= 0.6 is 11.6 Å². The molecule has 3 aromatic rings. The molecular weight excluding hydrogens is 284 g/mol. The van der Waals surface area contributed by atoms with E-state index in [2.05, 4.69) is 20.5 Å². The Hall–Kier alpha value is -2.33. The van der Waals surface area contributed by atoms with Crippen LogP contribution in [0.15, 0.2) is 48.5 Å². The first-order valence-corrected chi connectivity index (χ1v) is 7.07. The number of para-hydroxylation sites is 1. The van der Waals surface area contributed by atoms with Gasteiger partial charge in [-0.1, -0.05) is 35.9 Å². The average Bonchev–Trinajstić information content (AvgIpc) is 2.92. The third kappa shape index (κ3) is 3.23. The third-order valence-corrected chi connectivity index (χ3v) is 3.37. The molecule has 0 saturated heterocycles. The van der Waals surface area contributed by atoms with Gasteiger partial charge in [0.25, 0.3) is 0 Å². The number of aryl methyl sites for hydroxylation is 1. The van der Waals surface area contributed by atoms with E-state index in [9.17, 15) is 0 Å². The minimum Gasteiger partial charge on any atom is -0.380 e. The molecule has 0 unspecified atom stereocenters. The SMILES string of the molecule is Cc1nc(-c2ccccc2NCc2cccc(Cl)c2)n[nH]1. The first-order valence-electron chi connectivity index (χ1n) is 6.69. The summed E-state index contributed by atoms with van der Waals surface area (Å²) < 4.78 is 0. The van der Waals surface area contributed by atoms with Crippen molar-refractivity contribution < 1.29 is 0 Å². The molecule has 2 aromatic carbocycles. The van der Waals surface area contributed by atoms with Crippen LogP contribution in [0.25, 0.3) is 11.4 Å². The summed E-state index contributed by atoms with van der Waals surface area (Å²) in [4.78, 5) is 4.38. The van der Waals surface area contributed by atoms with Gasteiger partial charge in [0.2, 0.25) is 0 Å². The molecule has 0 atom stereocenters. The summed E-state index contributed by atoms with van der Waals surface area (Å²) in [5, 5.41) is 11.2. The Bertz CT molecular complexity index is 751. The van der Waals surface area contributed by atoms with E-state index < -0.39 is 0 Å². The first-order chi connectivity index (χ1) is 10.2. The van der Waals surface area contributed by atoms with E-state index in [1.165, 1.54) is 0 Å². The van der Waals surface area contributed by atoms with Crippen LogP contribution in [0.5, 0.6) is 0 Å². The Morgan fingerprint density at radius 3 is 2.76 bits per heavy atom. The second-order valence-corrected chi connectivity index (χ2v) is 5.21. The van der Waals surface area contributed by atoms with Gasteiger partial charge in [-0.15, -0.1) is 0 Å². The third-order valence-electron chi connectivity index (χ3n) is 3.14. The van der Waals surface area contributed by atoms with Crippen molar-refractivity contribution in [3.05, 3.63) is 64.9 Å². The van der Waals surface area contributed by atoms with Crippen LogP contribution in [0.3, 0.4) is 0 Å². The highest BCUT2D eigenvalue weighted by Crippen LogP contribution is 2.25. The number of H-pyrrole nitrogens is 1. The highest BCUT2D eigenvalue weighted by Gasteiger charge is 2.08. The van der Waals surface area contributed by atoms with Crippen molar-refractivity contribution in [1.29, 1.82) is 0 Å². The molecule has 0 saturated carbocycles. The molecule has 0 bridgehead atoms. The van der Waals surface area contributed by atoms with E-state index in [1.54, 1.807) is 0 Å². The quantitative estimate of drug-likeness (QED) is 0.764. The monoisotopic (exact) mass is 298 g/mol. The zero-order valence-corrected chi connectivity index (χ0v) is 12.4. The molecular formula is C16H15ClN4. The smallest absolute Gasteiger partial charge is 0.183 e. The van der Waals surface area contributed by atoms with Crippen LogP contribution in [0, 0.1) is 6.92 Å². The number of benzene rings is 2. The minimum atomic E-state index is 0.695. The molecule has 0 aliphatic heterocycles. The average molecular weight is 299 g/mol. The van der Waals surface area contributed by atoms with Gasteiger partial charge >= 0.3 is 0 Å². The molecule has 1 heterocycles. The molecule has 0 aliphatic rings. The number of nitrogens with zero attached hydrogens (tertiary/aromatic N) is 2. The van der Waals surface area contributed by atoms with E-state index in [4.69, 9.17) is 11.6 Å². The summed E-state index contributed by atoms with van der Waals surface area (Å²) in [6, 6.07) is 15.8. The van der Waals surface area contributed by atoms with E-state index >= 15 is 0 Å². The van der Waals surface area contributed by atoms with Gasteiger partial charge in [-0.25, -0.2) is 4.98 Å². The van der Waals surface area contributed by atoms with Crippen LogP contribution in [-0.4, -0.2) is 15.2 Å². The second kappa shape index (κ2) is 5.97. The fraction of sp³-hybridized carbons (Fsp3) is 0.125. The number of nitrogens with one attached hydrogen (secondary N) is 2.